The van der Waals surface area contributed by atoms with Gasteiger partial charge in [0.15, 0.2) is 0 Å². The molecule has 0 heterocycles. The lowest BCUT2D eigenvalue weighted by Gasteiger charge is -2.13. The molecule has 0 unspecified atom stereocenters. The highest BCUT2D eigenvalue weighted by molar-refractivity contribution is 6.02. The molecule has 1 aromatic carbocycles. The lowest BCUT2D eigenvalue weighted by Crippen LogP contribution is -2.35. The summed E-state index contributed by atoms with van der Waals surface area (Å²) in [5, 5.41) is 2.67. The molecule has 1 amide bonds. The van der Waals surface area contributed by atoms with E-state index in [0.29, 0.717) is 17.7 Å². The Balaban J connectivity index is 2.76. The van der Waals surface area contributed by atoms with Crippen LogP contribution in [0.3, 0.4) is 0 Å². The Hall–Kier alpha value is -1.88. The SMILES string of the molecule is CCCC[C@H](N)C(=O)Nc1ccccc1C(=O)OC. The third-order valence-electron chi connectivity index (χ3n) is 2.80. The van der Waals surface area contributed by atoms with Gasteiger partial charge in [-0.2, -0.15) is 0 Å². The summed E-state index contributed by atoms with van der Waals surface area (Å²) in [7, 11) is 1.30. The third-order valence-corrected chi connectivity index (χ3v) is 2.80. The van der Waals surface area contributed by atoms with Crippen molar-refractivity contribution in [2.45, 2.75) is 32.2 Å². The summed E-state index contributed by atoms with van der Waals surface area (Å²) in [6.45, 7) is 2.04. The predicted molar refractivity (Wildman–Crippen MR) is 73.9 cm³/mol. The van der Waals surface area contributed by atoms with E-state index < -0.39 is 12.0 Å². The lowest BCUT2D eigenvalue weighted by molar-refractivity contribution is -0.117. The maximum Gasteiger partial charge on any atom is 0.339 e. The summed E-state index contributed by atoms with van der Waals surface area (Å²) in [4.78, 5) is 23.4. The van der Waals surface area contributed by atoms with Crippen molar-refractivity contribution in [2.75, 3.05) is 12.4 Å². The van der Waals surface area contributed by atoms with E-state index in [0.717, 1.165) is 12.8 Å². The van der Waals surface area contributed by atoms with E-state index in [9.17, 15) is 9.59 Å². The average Bonchev–Trinajstić information content (AvgIpc) is 2.44. The van der Waals surface area contributed by atoms with Gasteiger partial charge in [-0.15, -0.1) is 0 Å². The minimum absolute atomic E-state index is 0.287. The van der Waals surface area contributed by atoms with E-state index in [2.05, 4.69) is 10.1 Å². The van der Waals surface area contributed by atoms with Gasteiger partial charge in [-0.1, -0.05) is 31.9 Å². The number of rotatable bonds is 6. The van der Waals surface area contributed by atoms with E-state index in [1.807, 2.05) is 6.92 Å². The molecule has 0 aliphatic rings. The summed E-state index contributed by atoms with van der Waals surface area (Å²) < 4.78 is 4.66. The van der Waals surface area contributed by atoms with E-state index in [4.69, 9.17) is 5.73 Å². The van der Waals surface area contributed by atoms with Crippen LogP contribution in [0.2, 0.25) is 0 Å². The molecule has 0 bridgehead atoms. The molecule has 1 atom stereocenters. The normalized spacial score (nSPS) is 11.7. The van der Waals surface area contributed by atoms with Gasteiger partial charge in [-0.3, -0.25) is 4.79 Å². The first-order chi connectivity index (χ1) is 9.10. The maximum atomic E-state index is 11.9. The molecule has 0 fully saturated rings. The molecular formula is C14H20N2O3. The summed E-state index contributed by atoms with van der Waals surface area (Å²) in [6, 6.07) is 6.12. The fraction of sp³-hybridized carbons (Fsp3) is 0.429. The molecule has 0 saturated carbocycles. The van der Waals surface area contributed by atoms with Crippen LogP contribution in [0.15, 0.2) is 24.3 Å². The lowest BCUT2D eigenvalue weighted by atomic mass is 10.1. The number of nitrogens with two attached hydrogens (primary N) is 1. The molecule has 0 aliphatic carbocycles. The number of esters is 1. The Morgan fingerprint density at radius 3 is 2.68 bits per heavy atom. The van der Waals surface area contributed by atoms with Crippen LogP contribution < -0.4 is 11.1 Å². The van der Waals surface area contributed by atoms with Crippen LogP contribution in [0.25, 0.3) is 0 Å². The zero-order valence-corrected chi connectivity index (χ0v) is 11.3. The number of nitrogens with one attached hydrogen (secondary N) is 1. The molecule has 0 radical (unpaired) electrons. The van der Waals surface area contributed by atoms with Crippen molar-refractivity contribution in [3.63, 3.8) is 0 Å². The summed E-state index contributed by atoms with van der Waals surface area (Å²) in [6.07, 6.45) is 2.51. The van der Waals surface area contributed by atoms with Gasteiger partial charge in [-0.25, -0.2) is 4.79 Å². The first kappa shape index (κ1) is 15.2. The number of benzene rings is 1. The van der Waals surface area contributed by atoms with Gasteiger partial charge >= 0.3 is 5.97 Å². The number of anilines is 1. The summed E-state index contributed by atoms with van der Waals surface area (Å²) in [5.74, 6) is -0.775. The van der Waals surface area contributed by atoms with Crippen molar-refractivity contribution in [3.8, 4) is 0 Å². The molecule has 0 saturated heterocycles. The largest absolute Gasteiger partial charge is 0.465 e. The molecule has 5 heteroatoms. The molecule has 0 spiro atoms. The van der Waals surface area contributed by atoms with Crippen LogP contribution in [0.1, 0.15) is 36.5 Å². The number of hydrogen-bond acceptors (Lipinski definition) is 4. The zero-order chi connectivity index (χ0) is 14.3. The van der Waals surface area contributed by atoms with Crippen LogP contribution in [-0.4, -0.2) is 25.0 Å². The van der Waals surface area contributed by atoms with Crippen LogP contribution in [0, 0.1) is 0 Å². The first-order valence-electron chi connectivity index (χ1n) is 6.34. The van der Waals surface area contributed by atoms with Gasteiger partial charge in [0.25, 0.3) is 0 Å². The van der Waals surface area contributed by atoms with Crippen LogP contribution in [-0.2, 0) is 9.53 Å². The topological polar surface area (TPSA) is 81.4 Å². The Labute approximate surface area is 113 Å². The van der Waals surface area contributed by atoms with Crippen LogP contribution in [0.5, 0.6) is 0 Å². The standard InChI is InChI=1S/C14H20N2O3/c1-3-4-8-11(15)13(17)16-12-9-6-5-7-10(12)14(18)19-2/h5-7,9,11H,3-4,8,15H2,1-2H3,(H,16,17)/t11-/m0/s1. The smallest absolute Gasteiger partial charge is 0.339 e. The molecule has 1 aromatic rings. The van der Waals surface area contributed by atoms with Crippen molar-refractivity contribution in [2.24, 2.45) is 5.73 Å². The van der Waals surface area contributed by atoms with Crippen molar-refractivity contribution >= 4 is 17.6 Å². The number of carbonyl (C=O) groups is 2. The minimum Gasteiger partial charge on any atom is -0.465 e. The van der Waals surface area contributed by atoms with Crippen LogP contribution in [0.4, 0.5) is 5.69 Å². The monoisotopic (exact) mass is 264 g/mol. The highest BCUT2D eigenvalue weighted by Gasteiger charge is 2.17. The quantitative estimate of drug-likeness (QED) is 0.769. The highest BCUT2D eigenvalue weighted by atomic mass is 16.5. The van der Waals surface area contributed by atoms with Gasteiger partial charge in [0, 0.05) is 0 Å². The number of para-hydroxylation sites is 1. The first-order valence-corrected chi connectivity index (χ1v) is 6.34. The zero-order valence-electron chi connectivity index (χ0n) is 11.3. The average molecular weight is 264 g/mol. The van der Waals surface area contributed by atoms with Gasteiger partial charge < -0.3 is 15.8 Å². The molecule has 19 heavy (non-hydrogen) atoms. The predicted octanol–water partition coefficient (Wildman–Crippen LogP) is 1.93. The van der Waals surface area contributed by atoms with Gasteiger partial charge in [-0.05, 0) is 18.6 Å². The summed E-state index contributed by atoms with van der Waals surface area (Å²) >= 11 is 0. The molecule has 0 aromatic heterocycles. The van der Waals surface area contributed by atoms with Crippen molar-refractivity contribution < 1.29 is 14.3 Å². The molecule has 1 rings (SSSR count). The summed E-state index contributed by atoms with van der Waals surface area (Å²) in [5.41, 5.74) is 6.52. The molecule has 3 N–H and O–H groups in total. The highest BCUT2D eigenvalue weighted by Crippen LogP contribution is 2.16. The second kappa shape index (κ2) is 7.53. The second-order valence-electron chi connectivity index (χ2n) is 4.28. The van der Waals surface area contributed by atoms with Gasteiger partial charge in [0.1, 0.15) is 0 Å². The fourth-order valence-electron chi connectivity index (χ4n) is 1.66. The maximum absolute atomic E-state index is 11.9. The Morgan fingerprint density at radius 1 is 1.37 bits per heavy atom. The Bertz CT molecular complexity index is 446. The Morgan fingerprint density at radius 2 is 2.05 bits per heavy atom. The van der Waals surface area contributed by atoms with Crippen molar-refractivity contribution in [3.05, 3.63) is 29.8 Å². The third kappa shape index (κ3) is 4.37. The van der Waals surface area contributed by atoms with Gasteiger partial charge in [0.05, 0.1) is 24.4 Å². The van der Waals surface area contributed by atoms with Crippen LogP contribution >= 0.6 is 0 Å². The number of unbranched alkanes of at least 4 members (excludes halogenated alkanes) is 1. The van der Waals surface area contributed by atoms with Crippen molar-refractivity contribution in [1.82, 2.24) is 0 Å². The minimum atomic E-state index is -0.564. The number of methoxy groups -OCH3 is 1. The van der Waals surface area contributed by atoms with E-state index in [1.54, 1.807) is 24.3 Å². The number of hydrogen-bond donors (Lipinski definition) is 2. The molecular weight excluding hydrogens is 244 g/mol. The number of ether oxygens (including phenoxy) is 1. The second-order valence-corrected chi connectivity index (χ2v) is 4.28. The fourth-order valence-corrected chi connectivity index (χ4v) is 1.66. The Kier molecular flexibility index (Phi) is 6.02. The van der Waals surface area contributed by atoms with E-state index in [-0.39, 0.29) is 5.91 Å². The van der Waals surface area contributed by atoms with Crippen molar-refractivity contribution in [1.29, 1.82) is 0 Å². The molecule has 104 valence electrons. The number of amides is 1. The molecule has 0 aliphatic heterocycles. The molecule has 5 nitrogen and oxygen atoms in total. The van der Waals surface area contributed by atoms with Gasteiger partial charge in [0.2, 0.25) is 5.91 Å². The number of carbonyl (C=O) groups excluding carboxylic acids is 2. The van der Waals surface area contributed by atoms with E-state index in [1.165, 1.54) is 7.11 Å². The van der Waals surface area contributed by atoms with E-state index >= 15 is 0 Å².